The van der Waals surface area contributed by atoms with Gasteiger partial charge in [0.05, 0.1) is 5.02 Å². The number of benzene rings is 1. The van der Waals surface area contributed by atoms with Gasteiger partial charge in [0.2, 0.25) is 10.0 Å². The van der Waals surface area contributed by atoms with Gasteiger partial charge in [-0.3, -0.25) is 0 Å². The quantitative estimate of drug-likeness (QED) is 0.776. The van der Waals surface area contributed by atoms with Crippen molar-refractivity contribution in [3.05, 3.63) is 29.0 Å². The molecule has 0 saturated carbocycles. The highest BCUT2D eigenvalue weighted by atomic mass is 35.5. The zero-order chi connectivity index (χ0) is 12.9. The molecule has 1 rings (SSSR count). The van der Waals surface area contributed by atoms with E-state index in [0.717, 1.165) is 18.6 Å². The summed E-state index contributed by atoms with van der Waals surface area (Å²) in [5, 5.41) is -0.00211. The number of unbranched alkanes of at least 4 members (excludes halogenated alkanes) is 1. The molecule has 0 atom stereocenters. The second kappa shape index (κ2) is 6.30. The number of rotatable bonds is 6. The van der Waals surface area contributed by atoms with Gasteiger partial charge >= 0.3 is 0 Å². The van der Waals surface area contributed by atoms with Crippen molar-refractivity contribution in [3.63, 3.8) is 0 Å². The van der Waals surface area contributed by atoms with Gasteiger partial charge in [-0.15, -0.1) is 0 Å². The fourth-order valence-electron chi connectivity index (χ4n) is 1.24. The van der Waals surface area contributed by atoms with Crippen LogP contribution < -0.4 is 10.5 Å². The lowest BCUT2D eigenvalue weighted by molar-refractivity contribution is 0.573. The molecule has 0 heterocycles. The number of hydrogen-bond donors (Lipinski definition) is 2. The number of hydrogen-bond acceptors (Lipinski definition) is 3. The Balaban J connectivity index is 2.79. The minimum absolute atomic E-state index is 0.00211. The molecule has 0 amide bonds. The third-order valence-electron chi connectivity index (χ3n) is 2.11. The number of halogens is 2. The van der Waals surface area contributed by atoms with Gasteiger partial charge in [0.25, 0.3) is 0 Å². The van der Waals surface area contributed by atoms with Crippen LogP contribution in [0.1, 0.15) is 12.8 Å². The lowest BCUT2D eigenvalue weighted by Gasteiger charge is -2.08. The van der Waals surface area contributed by atoms with Gasteiger partial charge in [-0.25, -0.2) is 17.5 Å². The molecule has 96 valence electrons. The summed E-state index contributed by atoms with van der Waals surface area (Å²) in [4.78, 5) is -0.244. The summed E-state index contributed by atoms with van der Waals surface area (Å²) in [5.41, 5.74) is 5.29. The fraction of sp³-hybridized carbons (Fsp3) is 0.400. The van der Waals surface area contributed by atoms with Crippen LogP contribution in [-0.4, -0.2) is 21.5 Å². The summed E-state index contributed by atoms with van der Waals surface area (Å²) in [6.07, 6.45) is 1.35. The van der Waals surface area contributed by atoms with Crippen molar-refractivity contribution in [2.24, 2.45) is 5.73 Å². The number of sulfonamides is 1. The summed E-state index contributed by atoms with van der Waals surface area (Å²) in [6, 6.07) is 3.22. The van der Waals surface area contributed by atoms with Crippen molar-refractivity contribution < 1.29 is 12.8 Å². The second-order valence-electron chi connectivity index (χ2n) is 3.47. The lowest BCUT2D eigenvalue weighted by atomic mass is 10.3. The fourth-order valence-corrected chi connectivity index (χ4v) is 2.82. The largest absolute Gasteiger partial charge is 0.330 e. The van der Waals surface area contributed by atoms with E-state index in [2.05, 4.69) is 4.72 Å². The Labute approximate surface area is 105 Å². The normalized spacial score (nSPS) is 11.7. The molecule has 0 aliphatic rings. The van der Waals surface area contributed by atoms with Crippen molar-refractivity contribution in [1.29, 1.82) is 0 Å². The van der Waals surface area contributed by atoms with Crippen LogP contribution in [0.25, 0.3) is 0 Å². The molecular formula is C10H14ClFN2O2S. The van der Waals surface area contributed by atoms with Crippen molar-refractivity contribution >= 4 is 21.6 Å². The first-order valence-electron chi connectivity index (χ1n) is 5.12. The molecule has 7 heteroatoms. The predicted molar refractivity (Wildman–Crippen MR) is 64.9 cm³/mol. The van der Waals surface area contributed by atoms with E-state index in [9.17, 15) is 12.8 Å². The van der Waals surface area contributed by atoms with Crippen molar-refractivity contribution in [1.82, 2.24) is 4.72 Å². The smallest absolute Gasteiger partial charge is 0.242 e. The van der Waals surface area contributed by atoms with Crippen LogP contribution in [0.15, 0.2) is 23.1 Å². The third kappa shape index (κ3) is 4.23. The van der Waals surface area contributed by atoms with Crippen LogP contribution in [-0.2, 0) is 10.0 Å². The van der Waals surface area contributed by atoms with Gasteiger partial charge in [0.15, 0.2) is 0 Å². The maximum absolute atomic E-state index is 13.0. The van der Waals surface area contributed by atoms with Crippen LogP contribution >= 0.6 is 11.6 Å². The molecule has 0 aliphatic carbocycles. The van der Waals surface area contributed by atoms with Crippen molar-refractivity contribution in [2.45, 2.75) is 17.7 Å². The molecule has 4 nitrogen and oxygen atoms in total. The predicted octanol–water partition coefficient (Wildman–Crippen LogP) is 1.50. The zero-order valence-electron chi connectivity index (χ0n) is 9.12. The molecule has 0 bridgehead atoms. The summed E-state index contributed by atoms with van der Waals surface area (Å²) < 4.78 is 38.8. The maximum atomic E-state index is 13.0. The van der Waals surface area contributed by atoms with E-state index in [1.165, 1.54) is 6.07 Å². The van der Waals surface area contributed by atoms with Gasteiger partial charge in [0.1, 0.15) is 10.7 Å². The van der Waals surface area contributed by atoms with E-state index in [4.69, 9.17) is 17.3 Å². The van der Waals surface area contributed by atoms with Gasteiger partial charge in [-0.05, 0) is 37.6 Å². The highest BCUT2D eigenvalue weighted by Gasteiger charge is 2.17. The van der Waals surface area contributed by atoms with Crippen molar-refractivity contribution in [3.8, 4) is 0 Å². The van der Waals surface area contributed by atoms with Crippen LogP contribution in [0.3, 0.4) is 0 Å². The van der Waals surface area contributed by atoms with Crippen LogP contribution in [0.5, 0.6) is 0 Å². The molecule has 0 spiro atoms. The van der Waals surface area contributed by atoms with E-state index in [1.54, 1.807) is 0 Å². The highest BCUT2D eigenvalue weighted by Crippen LogP contribution is 2.21. The van der Waals surface area contributed by atoms with Crippen LogP contribution in [0.4, 0.5) is 4.39 Å². The molecule has 0 unspecified atom stereocenters. The Morgan fingerprint density at radius 3 is 2.71 bits per heavy atom. The Morgan fingerprint density at radius 1 is 1.35 bits per heavy atom. The maximum Gasteiger partial charge on any atom is 0.242 e. The average molecular weight is 281 g/mol. The molecule has 0 aliphatic heterocycles. The molecule has 0 fully saturated rings. The Morgan fingerprint density at radius 2 is 2.06 bits per heavy atom. The van der Waals surface area contributed by atoms with Gasteiger partial charge < -0.3 is 5.73 Å². The average Bonchev–Trinajstić information content (AvgIpc) is 2.28. The first kappa shape index (κ1) is 14.4. The molecular weight excluding hydrogens is 267 g/mol. The van der Waals surface area contributed by atoms with Crippen molar-refractivity contribution in [2.75, 3.05) is 13.1 Å². The topological polar surface area (TPSA) is 72.2 Å². The molecule has 0 radical (unpaired) electrons. The Bertz CT molecular complexity index is 479. The summed E-state index contributed by atoms with van der Waals surface area (Å²) in [7, 11) is -3.76. The SMILES string of the molecule is NCCCCNS(=O)(=O)c1cc(F)ccc1Cl. The molecule has 0 aromatic heterocycles. The van der Waals surface area contributed by atoms with Gasteiger partial charge in [-0.1, -0.05) is 11.6 Å². The lowest BCUT2D eigenvalue weighted by Crippen LogP contribution is -2.25. The van der Waals surface area contributed by atoms with E-state index >= 15 is 0 Å². The first-order valence-corrected chi connectivity index (χ1v) is 6.98. The van der Waals surface area contributed by atoms with E-state index in [1.807, 2.05) is 0 Å². The van der Waals surface area contributed by atoms with E-state index in [-0.39, 0.29) is 16.5 Å². The molecule has 0 saturated heterocycles. The molecule has 1 aromatic carbocycles. The second-order valence-corrected chi connectivity index (χ2v) is 5.61. The molecule has 1 aromatic rings. The third-order valence-corrected chi connectivity index (χ3v) is 4.05. The monoisotopic (exact) mass is 280 g/mol. The van der Waals surface area contributed by atoms with Gasteiger partial charge in [0, 0.05) is 6.54 Å². The highest BCUT2D eigenvalue weighted by molar-refractivity contribution is 7.89. The summed E-state index contributed by atoms with van der Waals surface area (Å²) in [5.74, 6) is -0.642. The Kier molecular flexibility index (Phi) is 5.32. The summed E-state index contributed by atoms with van der Waals surface area (Å²) in [6.45, 7) is 0.759. The summed E-state index contributed by atoms with van der Waals surface area (Å²) >= 11 is 5.71. The number of nitrogens with two attached hydrogens (primary N) is 1. The standard InChI is InChI=1S/C10H14ClFN2O2S/c11-9-4-3-8(12)7-10(9)17(15,16)14-6-2-1-5-13/h3-4,7,14H,1-2,5-6,13H2. The van der Waals surface area contributed by atoms with Gasteiger partial charge in [-0.2, -0.15) is 0 Å². The van der Waals surface area contributed by atoms with E-state index in [0.29, 0.717) is 13.0 Å². The van der Waals surface area contributed by atoms with Crippen LogP contribution in [0, 0.1) is 5.82 Å². The van der Waals surface area contributed by atoms with Crippen LogP contribution in [0.2, 0.25) is 5.02 Å². The molecule has 3 N–H and O–H groups in total. The Hall–Kier alpha value is -0.690. The zero-order valence-corrected chi connectivity index (χ0v) is 10.7. The van der Waals surface area contributed by atoms with E-state index < -0.39 is 15.8 Å². The molecule has 17 heavy (non-hydrogen) atoms. The minimum atomic E-state index is -3.76. The minimum Gasteiger partial charge on any atom is -0.330 e. The number of nitrogens with one attached hydrogen (secondary N) is 1. The first-order chi connectivity index (χ1) is 7.97.